The summed E-state index contributed by atoms with van der Waals surface area (Å²) in [5.41, 5.74) is -0.241. The number of hydrogen-bond donors (Lipinski definition) is 2. The zero-order chi connectivity index (χ0) is 12.9. The second kappa shape index (κ2) is 5.60. The lowest BCUT2D eigenvalue weighted by Gasteiger charge is -2.04. The highest BCUT2D eigenvalue weighted by atomic mass is 31.2. The third-order valence-electron chi connectivity index (χ3n) is 1.22. The Labute approximate surface area is 91.6 Å². The topological polar surface area (TPSA) is 110 Å². The van der Waals surface area contributed by atoms with Gasteiger partial charge in [-0.2, -0.15) is 0 Å². The van der Waals surface area contributed by atoms with Gasteiger partial charge in [0.25, 0.3) is 0 Å². The first kappa shape index (κ1) is 14.6. The molecule has 16 heavy (non-hydrogen) atoms. The predicted molar refractivity (Wildman–Crippen MR) is 52.8 cm³/mol. The largest absolute Gasteiger partial charge is 0.524 e. The van der Waals surface area contributed by atoms with Gasteiger partial charge in [-0.3, -0.25) is 9.79 Å². The minimum absolute atomic E-state index is 0.0251. The molecular formula is C8H11O7P. The summed E-state index contributed by atoms with van der Waals surface area (Å²) in [6.45, 7) is 5.77. The van der Waals surface area contributed by atoms with Gasteiger partial charge in [0.05, 0.1) is 5.57 Å². The quantitative estimate of drug-likeness (QED) is 0.247. The Morgan fingerprint density at radius 2 is 1.75 bits per heavy atom. The monoisotopic (exact) mass is 250 g/mol. The van der Waals surface area contributed by atoms with Crippen LogP contribution in [0.2, 0.25) is 0 Å². The van der Waals surface area contributed by atoms with Crippen LogP contribution in [0.25, 0.3) is 0 Å². The third-order valence-corrected chi connectivity index (χ3v) is 1.60. The van der Waals surface area contributed by atoms with E-state index in [1.807, 2.05) is 0 Å². The van der Waals surface area contributed by atoms with Crippen molar-refractivity contribution < 1.29 is 33.2 Å². The Hall–Kier alpha value is -1.43. The van der Waals surface area contributed by atoms with Crippen LogP contribution in [0.3, 0.4) is 0 Å². The van der Waals surface area contributed by atoms with Crippen molar-refractivity contribution in [2.75, 3.05) is 0 Å². The molecule has 0 amide bonds. The lowest BCUT2D eigenvalue weighted by molar-refractivity contribution is -0.154. The van der Waals surface area contributed by atoms with Gasteiger partial charge in [0.2, 0.25) is 0 Å². The van der Waals surface area contributed by atoms with Gasteiger partial charge in [0, 0.05) is 5.57 Å². The molecule has 0 spiro atoms. The molecule has 2 N–H and O–H groups in total. The van der Waals surface area contributed by atoms with Crippen molar-refractivity contribution >= 4 is 19.8 Å². The van der Waals surface area contributed by atoms with E-state index in [0.717, 1.165) is 0 Å². The fourth-order valence-corrected chi connectivity index (χ4v) is 0.743. The van der Waals surface area contributed by atoms with Gasteiger partial charge in [-0.1, -0.05) is 6.58 Å². The van der Waals surface area contributed by atoms with E-state index >= 15 is 0 Å². The van der Waals surface area contributed by atoms with Crippen LogP contribution in [0.5, 0.6) is 0 Å². The predicted octanol–water partition coefficient (Wildman–Crippen LogP) is 0.645. The number of carbonyl (C=O) groups is 2. The van der Waals surface area contributed by atoms with Gasteiger partial charge in [-0.15, -0.1) is 0 Å². The van der Waals surface area contributed by atoms with E-state index in [9.17, 15) is 14.2 Å². The molecule has 0 rings (SSSR count). The lowest BCUT2D eigenvalue weighted by atomic mass is 10.3. The molecule has 0 radical (unpaired) electrons. The maximum Gasteiger partial charge on any atom is 0.524 e. The van der Waals surface area contributed by atoms with E-state index in [-0.39, 0.29) is 11.1 Å². The molecule has 0 aromatic carbocycles. The maximum atomic E-state index is 11.1. The molecule has 0 saturated carbocycles. The van der Waals surface area contributed by atoms with Crippen LogP contribution in [-0.4, -0.2) is 21.7 Å². The van der Waals surface area contributed by atoms with Gasteiger partial charge in [-0.25, -0.2) is 14.2 Å². The van der Waals surface area contributed by atoms with E-state index in [0.29, 0.717) is 6.26 Å². The molecule has 0 aliphatic carbocycles. The highest BCUT2D eigenvalue weighted by Gasteiger charge is 2.16. The van der Waals surface area contributed by atoms with E-state index < -0.39 is 19.8 Å². The summed E-state index contributed by atoms with van der Waals surface area (Å²) < 4.78 is 18.5. The Bertz CT molecular complexity index is 389. The molecular weight excluding hydrogens is 239 g/mol. The van der Waals surface area contributed by atoms with Crippen molar-refractivity contribution in [1.82, 2.24) is 0 Å². The van der Waals surface area contributed by atoms with Crippen LogP contribution >= 0.6 is 7.82 Å². The molecule has 90 valence electrons. The summed E-state index contributed by atoms with van der Waals surface area (Å²) in [4.78, 5) is 38.6. The fraction of sp³-hybridized carbons (Fsp3) is 0.250. The van der Waals surface area contributed by atoms with E-state index in [1.54, 1.807) is 0 Å². The van der Waals surface area contributed by atoms with Crippen molar-refractivity contribution in [2.45, 2.75) is 13.8 Å². The molecule has 0 aromatic heterocycles. The molecule has 0 fully saturated rings. The van der Waals surface area contributed by atoms with Crippen molar-refractivity contribution in [3.63, 3.8) is 0 Å². The SMILES string of the molecule is C=C(C)C(=O)OC(=O)C(C)=COP(=O)(O)O. The molecule has 0 aliphatic rings. The molecule has 0 unspecified atom stereocenters. The standard InChI is InChI=1S/C8H11O7P/c1-5(2)7(9)15-8(10)6(3)4-14-16(11,12)13/h4H,1H2,2-3H3,(H2,11,12,13). The number of rotatable bonds is 4. The number of esters is 2. The Morgan fingerprint density at radius 3 is 2.12 bits per heavy atom. The number of ether oxygens (including phenoxy) is 1. The minimum Gasteiger partial charge on any atom is -0.412 e. The van der Waals surface area contributed by atoms with Crippen LogP contribution in [0.1, 0.15) is 13.8 Å². The zero-order valence-corrected chi connectivity index (χ0v) is 9.56. The Kier molecular flexibility index (Phi) is 5.10. The highest BCUT2D eigenvalue weighted by Crippen LogP contribution is 2.36. The summed E-state index contributed by atoms with van der Waals surface area (Å²) >= 11 is 0. The zero-order valence-electron chi connectivity index (χ0n) is 8.67. The van der Waals surface area contributed by atoms with Crippen molar-refractivity contribution in [2.24, 2.45) is 0 Å². The van der Waals surface area contributed by atoms with Crippen LogP contribution in [0, 0.1) is 0 Å². The first-order chi connectivity index (χ1) is 7.13. The van der Waals surface area contributed by atoms with E-state index in [1.165, 1.54) is 13.8 Å². The average molecular weight is 250 g/mol. The molecule has 0 atom stereocenters. The molecule has 0 saturated heterocycles. The van der Waals surface area contributed by atoms with Gasteiger partial charge in [0.15, 0.2) is 0 Å². The summed E-state index contributed by atoms with van der Waals surface area (Å²) in [5, 5.41) is 0. The number of phosphoric ester groups is 1. The second-order valence-electron chi connectivity index (χ2n) is 2.85. The van der Waals surface area contributed by atoms with Crippen molar-refractivity contribution in [3.05, 3.63) is 24.0 Å². The maximum absolute atomic E-state index is 11.1. The number of phosphoric acid groups is 1. The van der Waals surface area contributed by atoms with Crippen molar-refractivity contribution in [1.29, 1.82) is 0 Å². The Balaban J connectivity index is 4.46. The average Bonchev–Trinajstić information content (AvgIpc) is 2.12. The summed E-state index contributed by atoms with van der Waals surface area (Å²) in [6.07, 6.45) is 0.523. The normalized spacial score (nSPS) is 11.9. The van der Waals surface area contributed by atoms with Crippen LogP contribution in [0.4, 0.5) is 0 Å². The van der Waals surface area contributed by atoms with Crippen LogP contribution < -0.4 is 0 Å². The lowest BCUT2D eigenvalue weighted by Crippen LogP contribution is -2.13. The van der Waals surface area contributed by atoms with Crippen LogP contribution in [0.15, 0.2) is 24.0 Å². The summed E-state index contributed by atoms with van der Waals surface area (Å²) in [6, 6.07) is 0. The molecule has 0 aromatic rings. The fourth-order valence-electron chi connectivity index (χ4n) is 0.448. The smallest absolute Gasteiger partial charge is 0.412 e. The van der Waals surface area contributed by atoms with Crippen molar-refractivity contribution in [3.8, 4) is 0 Å². The summed E-state index contributed by atoms with van der Waals surface area (Å²) in [7, 11) is -4.70. The van der Waals surface area contributed by atoms with Crippen LogP contribution in [-0.2, 0) is 23.4 Å². The minimum atomic E-state index is -4.70. The molecule has 0 bridgehead atoms. The third kappa shape index (κ3) is 6.13. The summed E-state index contributed by atoms with van der Waals surface area (Å²) in [5.74, 6) is -1.99. The first-order valence-corrected chi connectivity index (χ1v) is 5.49. The molecule has 8 heteroatoms. The highest BCUT2D eigenvalue weighted by molar-refractivity contribution is 7.46. The van der Waals surface area contributed by atoms with E-state index in [4.69, 9.17) is 9.79 Å². The first-order valence-electron chi connectivity index (χ1n) is 3.96. The molecule has 7 nitrogen and oxygen atoms in total. The van der Waals surface area contributed by atoms with Gasteiger partial charge in [0.1, 0.15) is 6.26 Å². The number of hydrogen-bond acceptors (Lipinski definition) is 5. The Morgan fingerprint density at radius 1 is 1.25 bits per heavy atom. The van der Waals surface area contributed by atoms with E-state index in [2.05, 4.69) is 15.8 Å². The van der Waals surface area contributed by atoms with Gasteiger partial charge in [-0.05, 0) is 13.8 Å². The van der Waals surface area contributed by atoms with Gasteiger partial charge >= 0.3 is 19.8 Å². The second-order valence-corrected chi connectivity index (χ2v) is 4.05. The molecule has 0 heterocycles. The van der Waals surface area contributed by atoms with Gasteiger partial charge < -0.3 is 9.26 Å². The molecule has 0 aliphatic heterocycles. The number of carbonyl (C=O) groups excluding carboxylic acids is 2.